The molecule has 1 aliphatic rings. The largest absolute Gasteiger partial charge is 0.390 e. The first-order valence-electron chi connectivity index (χ1n) is 3.08. The summed E-state index contributed by atoms with van der Waals surface area (Å²) in [7, 11) is 0. The molecule has 0 bridgehead atoms. The molecule has 0 amide bonds. The van der Waals surface area contributed by atoms with Crippen LogP contribution in [-0.2, 0) is 0 Å². The monoisotopic (exact) mass is 126 g/mol. The number of aliphatic hydroxyl groups is 2. The maximum absolute atomic E-state index is 9.02. The van der Waals surface area contributed by atoms with Crippen molar-refractivity contribution >= 4 is 0 Å². The van der Waals surface area contributed by atoms with Gasteiger partial charge in [-0.05, 0) is 25.0 Å². The van der Waals surface area contributed by atoms with Crippen molar-refractivity contribution < 1.29 is 10.2 Å². The minimum Gasteiger partial charge on any atom is -0.390 e. The van der Waals surface area contributed by atoms with Gasteiger partial charge in [0, 0.05) is 0 Å². The Labute approximate surface area is 54.1 Å². The summed E-state index contributed by atoms with van der Waals surface area (Å²) in [6.07, 6.45) is 3.41. The summed E-state index contributed by atoms with van der Waals surface area (Å²) in [5, 5.41) is 18.0. The lowest BCUT2D eigenvalue weighted by Gasteiger charge is -2.09. The summed E-state index contributed by atoms with van der Waals surface area (Å²) in [6, 6.07) is 0. The summed E-state index contributed by atoms with van der Waals surface area (Å²) < 4.78 is 0. The average molecular weight is 126 g/mol. The Morgan fingerprint density at radius 1 is 1.44 bits per heavy atom. The van der Waals surface area contributed by atoms with Crippen LogP contribution in [0.1, 0.15) is 12.8 Å². The van der Waals surface area contributed by atoms with Crippen LogP contribution in [-0.4, -0.2) is 22.4 Å². The number of rotatable bonds is 0. The van der Waals surface area contributed by atoms with E-state index >= 15 is 0 Å². The molecule has 0 heterocycles. The van der Waals surface area contributed by atoms with E-state index in [2.05, 4.69) is 5.73 Å². The van der Waals surface area contributed by atoms with Crippen molar-refractivity contribution in [1.82, 2.24) is 0 Å². The Hall–Kier alpha value is -0.560. The van der Waals surface area contributed by atoms with Crippen LogP contribution in [0.4, 0.5) is 0 Å². The Morgan fingerprint density at radius 3 is 3.00 bits per heavy atom. The topological polar surface area (TPSA) is 40.5 Å². The molecule has 2 nitrogen and oxygen atoms in total. The Kier molecular flexibility index (Phi) is 2.06. The maximum Gasteiger partial charge on any atom is 0.105 e. The zero-order valence-corrected chi connectivity index (χ0v) is 5.12. The van der Waals surface area contributed by atoms with Gasteiger partial charge in [-0.2, -0.15) is 0 Å². The molecule has 0 saturated heterocycles. The highest BCUT2D eigenvalue weighted by Crippen LogP contribution is 2.06. The van der Waals surface area contributed by atoms with E-state index in [1.54, 1.807) is 0 Å². The first-order valence-corrected chi connectivity index (χ1v) is 3.08. The van der Waals surface area contributed by atoms with Gasteiger partial charge in [-0.3, -0.25) is 0 Å². The lowest BCUT2D eigenvalue weighted by molar-refractivity contribution is 0.0451. The van der Waals surface area contributed by atoms with Gasteiger partial charge >= 0.3 is 0 Å². The van der Waals surface area contributed by atoms with Gasteiger partial charge in [0.25, 0.3) is 0 Å². The molecule has 0 aromatic rings. The third-order valence-corrected chi connectivity index (χ3v) is 1.39. The van der Waals surface area contributed by atoms with E-state index in [0.717, 1.165) is 6.42 Å². The second-order valence-electron chi connectivity index (χ2n) is 2.17. The molecule has 0 radical (unpaired) electrons. The minimum absolute atomic E-state index is 0.601. The van der Waals surface area contributed by atoms with Gasteiger partial charge in [-0.1, -0.05) is 0 Å². The van der Waals surface area contributed by atoms with E-state index in [1.165, 1.54) is 6.08 Å². The number of hydrogen-bond acceptors (Lipinski definition) is 2. The molecule has 0 spiro atoms. The fourth-order valence-corrected chi connectivity index (χ4v) is 0.786. The lowest BCUT2D eigenvalue weighted by Crippen LogP contribution is -2.22. The molecule has 0 aromatic carbocycles. The van der Waals surface area contributed by atoms with E-state index in [-0.39, 0.29) is 0 Å². The van der Waals surface area contributed by atoms with Crippen LogP contribution < -0.4 is 0 Å². The van der Waals surface area contributed by atoms with Crippen molar-refractivity contribution in [1.29, 1.82) is 0 Å². The molecular formula is C7H10O2. The van der Waals surface area contributed by atoms with Gasteiger partial charge in [-0.15, -0.1) is 5.73 Å². The molecule has 0 aromatic heterocycles. The molecule has 1 rings (SSSR count). The molecule has 2 atom stereocenters. The van der Waals surface area contributed by atoms with Crippen molar-refractivity contribution in [2.75, 3.05) is 0 Å². The Bertz CT molecular complexity index is 145. The van der Waals surface area contributed by atoms with Crippen molar-refractivity contribution in [2.45, 2.75) is 25.0 Å². The Morgan fingerprint density at radius 2 is 2.22 bits per heavy atom. The van der Waals surface area contributed by atoms with Crippen LogP contribution >= 0.6 is 0 Å². The summed E-state index contributed by atoms with van der Waals surface area (Å²) in [5.74, 6) is 0. The van der Waals surface area contributed by atoms with E-state index in [1.807, 2.05) is 6.08 Å². The van der Waals surface area contributed by atoms with E-state index < -0.39 is 12.2 Å². The third-order valence-electron chi connectivity index (χ3n) is 1.39. The molecule has 1 aliphatic carbocycles. The molecule has 0 saturated carbocycles. The van der Waals surface area contributed by atoms with Crippen molar-refractivity contribution in [3.8, 4) is 0 Å². The van der Waals surface area contributed by atoms with Crippen molar-refractivity contribution in [2.24, 2.45) is 0 Å². The average Bonchev–Trinajstić information content (AvgIpc) is 1.99. The Balaban J connectivity index is 2.58. The minimum atomic E-state index is -0.719. The predicted molar refractivity (Wildman–Crippen MR) is 33.9 cm³/mol. The summed E-state index contributed by atoms with van der Waals surface area (Å²) in [6.45, 7) is 0. The second kappa shape index (κ2) is 2.83. The highest BCUT2D eigenvalue weighted by Gasteiger charge is 2.12. The summed E-state index contributed by atoms with van der Waals surface area (Å²) in [5.41, 5.74) is 2.77. The number of aliphatic hydroxyl groups excluding tert-OH is 2. The van der Waals surface area contributed by atoms with Gasteiger partial charge in [0.05, 0.1) is 6.10 Å². The fourth-order valence-electron chi connectivity index (χ4n) is 0.786. The first kappa shape index (κ1) is 6.56. The van der Waals surface area contributed by atoms with Crippen LogP contribution in [0.5, 0.6) is 0 Å². The molecule has 50 valence electrons. The van der Waals surface area contributed by atoms with E-state index in [0.29, 0.717) is 6.42 Å². The van der Waals surface area contributed by atoms with Gasteiger partial charge in [-0.25, -0.2) is 0 Å². The highest BCUT2D eigenvalue weighted by molar-refractivity contribution is 4.96. The molecule has 2 N–H and O–H groups in total. The van der Waals surface area contributed by atoms with Crippen LogP contribution in [0.25, 0.3) is 0 Å². The van der Waals surface area contributed by atoms with E-state index in [9.17, 15) is 0 Å². The van der Waals surface area contributed by atoms with E-state index in [4.69, 9.17) is 10.2 Å². The van der Waals surface area contributed by atoms with Gasteiger partial charge in [0.1, 0.15) is 6.10 Å². The normalized spacial score (nSPS) is 34.4. The van der Waals surface area contributed by atoms with Crippen LogP contribution in [0.2, 0.25) is 0 Å². The van der Waals surface area contributed by atoms with Crippen LogP contribution in [0, 0.1) is 0 Å². The predicted octanol–water partition coefficient (Wildman–Crippen LogP) is 0.213. The standard InChI is InChI=1S/C7H10O2/c8-6-4-2-1-3-5-7(6)9/h1,5-9H,2,4H2. The van der Waals surface area contributed by atoms with Gasteiger partial charge in [0.2, 0.25) is 0 Å². The quantitative estimate of drug-likeness (QED) is 0.455. The molecule has 0 aliphatic heterocycles. The first-order chi connectivity index (χ1) is 4.30. The smallest absolute Gasteiger partial charge is 0.105 e. The molecule has 9 heavy (non-hydrogen) atoms. The third kappa shape index (κ3) is 1.68. The zero-order valence-electron chi connectivity index (χ0n) is 5.12. The van der Waals surface area contributed by atoms with Crippen LogP contribution in [0.3, 0.4) is 0 Å². The number of hydrogen-bond donors (Lipinski definition) is 2. The SMILES string of the molecule is OC1C=C=CCCC1O. The summed E-state index contributed by atoms with van der Waals surface area (Å²) >= 11 is 0. The molecule has 2 heteroatoms. The van der Waals surface area contributed by atoms with Gasteiger partial charge < -0.3 is 10.2 Å². The molecular weight excluding hydrogens is 116 g/mol. The van der Waals surface area contributed by atoms with Crippen LogP contribution in [0.15, 0.2) is 17.9 Å². The highest BCUT2D eigenvalue weighted by atomic mass is 16.3. The zero-order chi connectivity index (χ0) is 6.69. The summed E-state index contributed by atoms with van der Waals surface area (Å²) in [4.78, 5) is 0. The van der Waals surface area contributed by atoms with Gasteiger partial charge in [0.15, 0.2) is 0 Å². The van der Waals surface area contributed by atoms with Crippen molar-refractivity contribution in [3.63, 3.8) is 0 Å². The maximum atomic E-state index is 9.02. The second-order valence-corrected chi connectivity index (χ2v) is 2.17. The molecule has 0 fully saturated rings. The fraction of sp³-hybridized carbons (Fsp3) is 0.571. The lowest BCUT2D eigenvalue weighted by atomic mass is 10.1. The van der Waals surface area contributed by atoms with Crippen molar-refractivity contribution in [3.05, 3.63) is 17.9 Å². The molecule has 2 unspecified atom stereocenters.